The molecule has 1 aromatic carbocycles. The van der Waals surface area contributed by atoms with Gasteiger partial charge in [0.1, 0.15) is 13.2 Å². The number of ether oxygens (including phenoxy) is 3. The average Bonchev–Trinajstić information content (AvgIpc) is 2.92. The van der Waals surface area contributed by atoms with Crippen LogP contribution in [0.5, 0.6) is 11.5 Å². The molecule has 110 valence electrons. The van der Waals surface area contributed by atoms with Crippen molar-refractivity contribution in [1.82, 2.24) is 4.90 Å². The summed E-state index contributed by atoms with van der Waals surface area (Å²) >= 11 is 0. The van der Waals surface area contributed by atoms with Gasteiger partial charge in [-0.1, -0.05) is 0 Å². The van der Waals surface area contributed by atoms with Gasteiger partial charge in [-0.15, -0.1) is 0 Å². The number of nitrogen functional groups attached to an aromatic ring is 1. The largest absolute Gasteiger partial charge is 0.486 e. The molecule has 1 atom stereocenters. The quantitative estimate of drug-likeness (QED) is 0.849. The van der Waals surface area contributed by atoms with Crippen molar-refractivity contribution in [2.24, 2.45) is 0 Å². The van der Waals surface area contributed by atoms with Crippen LogP contribution in [0, 0.1) is 0 Å². The van der Waals surface area contributed by atoms with E-state index in [9.17, 15) is 0 Å². The predicted molar refractivity (Wildman–Crippen MR) is 77.2 cm³/mol. The summed E-state index contributed by atoms with van der Waals surface area (Å²) in [4.78, 5) is 2.25. The molecule has 2 aliphatic rings. The molecular weight excluding hydrogens is 256 g/mol. The van der Waals surface area contributed by atoms with Crippen LogP contribution in [-0.4, -0.2) is 44.4 Å². The summed E-state index contributed by atoms with van der Waals surface area (Å²) in [5.41, 5.74) is 7.94. The molecule has 1 fully saturated rings. The van der Waals surface area contributed by atoms with E-state index in [1.165, 1.54) is 6.42 Å². The molecule has 5 heteroatoms. The Kier molecular flexibility index (Phi) is 3.98. The van der Waals surface area contributed by atoms with Gasteiger partial charge in [-0.05, 0) is 31.5 Å². The second-order valence-electron chi connectivity index (χ2n) is 5.53. The maximum Gasteiger partial charge on any atom is 0.163 e. The van der Waals surface area contributed by atoms with Crippen molar-refractivity contribution in [3.8, 4) is 11.5 Å². The minimum absolute atomic E-state index is 0.360. The Labute approximate surface area is 119 Å². The molecule has 5 nitrogen and oxygen atoms in total. The van der Waals surface area contributed by atoms with E-state index in [1.54, 1.807) is 0 Å². The van der Waals surface area contributed by atoms with Crippen molar-refractivity contribution in [2.75, 3.05) is 39.1 Å². The van der Waals surface area contributed by atoms with E-state index >= 15 is 0 Å². The van der Waals surface area contributed by atoms with Gasteiger partial charge in [-0.3, -0.25) is 4.90 Å². The number of likely N-dealkylation sites (N-methyl/N-ethyl adjacent to an activating group) is 1. The number of fused-ring (bicyclic) bond motifs is 1. The first-order valence-corrected chi connectivity index (χ1v) is 7.20. The molecule has 0 bridgehead atoms. The Morgan fingerprint density at radius 2 is 1.95 bits per heavy atom. The van der Waals surface area contributed by atoms with Crippen LogP contribution in [0.3, 0.4) is 0 Å². The van der Waals surface area contributed by atoms with E-state index in [-0.39, 0.29) is 0 Å². The highest BCUT2D eigenvalue weighted by molar-refractivity contribution is 5.58. The van der Waals surface area contributed by atoms with Crippen molar-refractivity contribution in [2.45, 2.75) is 25.5 Å². The fourth-order valence-electron chi connectivity index (χ4n) is 2.77. The summed E-state index contributed by atoms with van der Waals surface area (Å²) in [6, 6.07) is 3.86. The molecule has 0 aromatic heterocycles. The Morgan fingerprint density at radius 1 is 1.20 bits per heavy atom. The van der Waals surface area contributed by atoms with Crippen LogP contribution in [0.15, 0.2) is 12.1 Å². The van der Waals surface area contributed by atoms with Gasteiger partial charge in [-0.2, -0.15) is 0 Å². The van der Waals surface area contributed by atoms with Crippen LogP contribution in [-0.2, 0) is 11.3 Å². The second kappa shape index (κ2) is 5.89. The zero-order valence-corrected chi connectivity index (χ0v) is 11.9. The van der Waals surface area contributed by atoms with Crippen molar-refractivity contribution in [3.63, 3.8) is 0 Å². The number of nitrogens with zero attached hydrogens (tertiary/aromatic N) is 1. The molecule has 2 aliphatic heterocycles. The lowest BCUT2D eigenvalue weighted by Gasteiger charge is -2.24. The van der Waals surface area contributed by atoms with Crippen LogP contribution >= 0.6 is 0 Å². The molecule has 0 aliphatic carbocycles. The highest BCUT2D eigenvalue weighted by Gasteiger charge is 2.19. The zero-order chi connectivity index (χ0) is 13.9. The lowest BCUT2D eigenvalue weighted by Crippen LogP contribution is -2.28. The number of rotatable bonds is 4. The summed E-state index contributed by atoms with van der Waals surface area (Å²) in [7, 11) is 2.10. The van der Waals surface area contributed by atoms with Gasteiger partial charge in [0.2, 0.25) is 0 Å². The number of benzene rings is 1. The van der Waals surface area contributed by atoms with E-state index in [2.05, 4.69) is 11.9 Å². The maximum atomic E-state index is 6.11. The monoisotopic (exact) mass is 278 g/mol. The average molecular weight is 278 g/mol. The van der Waals surface area contributed by atoms with Gasteiger partial charge in [0.15, 0.2) is 11.5 Å². The van der Waals surface area contributed by atoms with Crippen LogP contribution in [0.4, 0.5) is 5.69 Å². The first kappa shape index (κ1) is 13.5. The molecule has 2 heterocycles. The minimum Gasteiger partial charge on any atom is -0.486 e. The third-order valence-corrected chi connectivity index (χ3v) is 3.78. The number of nitrogens with two attached hydrogens (primary N) is 1. The van der Waals surface area contributed by atoms with E-state index in [0.29, 0.717) is 19.3 Å². The summed E-state index contributed by atoms with van der Waals surface area (Å²) in [6.45, 7) is 3.81. The zero-order valence-electron chi connectivity index (χ0n) is 11.9. The van der Waals surface area contributed by atoms with Gasteiger partial charge in [0.05, 0.1) is 6.10 Å². The lowest BCUT2D eigenvalue weighted by molar-refractivity contribution is 0.0793. The third-order valence-electron chi connectivity index (χ3n) is 3.78. The molecule has 1 aromatic rings. The van der Waals surface area contributed by atoms with Crippen LogP contribution < -0.4 is 15.2 Å². The lowest BCUT2D eigenvalue weighted by atomic mass is 10.1. The smallest absolute Gasteiger partial charge is 0.163 e. The second-order valence-corrected chi connectivity index (χ2v) is 5.53. The van der Waals surface area contributed by atoms with Gasteiger partial charge >= 0.3 is 0 Å². The molecule has 3 rings (SSSR count). The fraction of sp³-hybridized carbons (Fsp3) is 0.600. The Hall–Kier alpha value is -1.46. The van der Waals surface area contributed by atoms with Crippen molar-refractivity contribution in [3.05, 3.63) is 17.7 Å². The SMILES string of the molecule is CN(Cc1cc2c(cc1N)OCCO2)CC1CCCO1. The predicted octanol–water partition coefficient (Wildman–Crippen LogP) is 1.65. The molecule has 0 radical (unpaired) electrons. The maximum absolute atomic E-state index is 6.11. The molecule has 2 N–H and O–H groups in total. The van der Waals surface area contributed by atoms with Gasteiger partial charge in [0.25, 0.3) is 0 Å². The summed E-state index contributed by atoms with van der Waals surface area (Å²) < 4.78 is 16.8. The van der Waals surface area contributed by atoms with Gasteiger partial charge in [-0.25, -0.2) is 0 Å². The third kappa shape index (κ3) is 2.99. The molecule has 1 saturated heterocycles. The summed E-state index contributed by atoms with van der Waals surface area (Å²) in [6.07, 6.45) is 2.68. The van der Waals surface area contributed by atoms with Crippen LogP contribution in [0.2, 0.25) is 0 Å². The standard InChI is InChI=1S/C15H22N2O3/c1-17(10-12-3-2-4-18-12)9-11-7-14-15(8-13(11)16)20-6-5-19-14/h7-8,12H,2-6,9-10,16H2,1H3. The number of hydrogen-bond acceptors (Lipinski definition) is 5. The van der Waals surface area contributed by atoms with E-state index in [1.807, 2.05) is 12.1 Å². The molecular formula is C15H22N2O3. The summed E-state index contributed by atoms with van der Waals surface area (Å²) in [5, 5.41) is 0. The van der Waals surface area contributed by atoms with E-state index in [4.69, 9.17) is 19.9 Å². The fourth-order valence-corrected chi connectivity index (χ4v) is 2.77. The topological polar surface area (TPSA) is 57.0 Å². The van der Waals surface area contributed by atoms with Crippen molar-refractivity contribution in [1.29, 1.82) is 0 Å². The highest BCUT2D eigenvalue weighted by atomic mass is 16.6. The number of hydrogen-bond donors (Lipinski definition) is 1. The first-order valence-electron chi connectivity index (χ1n) is 7.20. The minimum atomic E-state index is 0.360. The molecule has 1 unspecified atom stereocenters. The molecule has 0 amide bonds. The molecule has 0 spiro atoms. The first-order chi connectivity index (χ1) is 9.72. The Bertz CT molecular complexity index is 472. The molecule has 20 heavy (non-hydrogen) atoms. The van der Waals surface area contributed by atoms with E-state index in [0.717, 1.165) is 48.9 Å². The van der Waals surface area contributed by atoms with E-state index < -0.39 is 0 Å². The number of anilines is 1. The molecule has 0 saturated carbocycles. The van der Waals surface area contributed by atoms with Crippen molar-refractivity contribution < 1.29 is 14.2 Å². The van der Waals surface area contributed by atoms with Crippen LogP contribution in [0.1, 0.15) is 18.4 Å². The van der Waals surface area contributed by atoms with Gasteiger partial charge in [0, 0.05) is 31.5 Å². The van der Waals surface area contributed by atoms with Crippen LogP contribution in [0.25, 0.3) is 0 Å². The Balaban J connectivity index is 1.66. The van der Waals surface area contributed by atoms with Crippen molar-refractivity contribution >= 4 is 5.69 Å². The van der Waals surface area contributed by atoms with Gasteiger partial charge < -0.3 is 19.9 Å². The highest BCUT2D eigenvalue weighted by Crippen LogP contribution is 2.34. The Morgan fingerprint density at radius 3 is 2.65 bits per heavy atom. The summed E-state index contributed by atoms with van der Waals surface area (Å²) in [5.74, 6) is 1.55. The normalized spacial score (nSPS) is 21.4.